The summed E-state index contributed by atoms with van der Waals surface area (Å²) in [7, 11) is 1.96. The van der Waals surface area contributed by atoms with E-state index in [0.29, 0.717) is 6.42 Å². The maximum absolute atomic E-state index is 10.7. The van der Waals surface area contributed by atoms with Gasteiger partial charge in [0.15, 0.2) is 0 Å². The van der Waals surface area contributed by atoms with E-state index in [-0.39, 0.29) is 5.41 Å². The van der Waals surface area contributed by atoms with E-state index in [1.165, 1.54) is 0 Å². The third kappa shape index (κ3) is 2.64. The van der Waals surface area contributed by atoms with Gasteiger partial charge in [-0.3, -0.25) is 4.68 Å². The molecule has 1 unspecified atom stereocenters. The molecule has 0 aromatic carbocycles. The van der Waals surface area contributed by atoms with Crippen LogP contribution in [0.4, 0.5) is 0 Å². The Bertz CT molecular complexity index is 453. The molecule has 4 heteroatoms. The van der Waals surface area contributed by atoms with Gasteiger partial charge in [-0.1, -0.05) is 20.8 Å². The molecule has 0 spiro atoms. The maximum atomic E-state index is 10.7. The second kappa shape index (κ2) is 4.64. The van der Waals surface area contributed by atoms with E-state index in [2.05, 4.69) is 41.8 Å². The van der Waals surface area contributed by atoms with Gasteiger partial charge in [0, 0.05) is 13.5 Å². The highest BCUT2D eigenvalue weighted by Gasteiger charge is 2.42. The Kier molecular flexibility index (Phi) is 3.63. The van der Waals surface area contributed by atoms with E-state index in [1.54, 1.807) is 0 Å². The number of aliphatic hydroxyl groups is 1. The molecule has 0 amide bonds. The summed E-state index contributed by atoms with van der Waals surface area (Å²) in [6.45, 7) is 6.58. The predicted molar refractivity (Wildman–Crippen MR) is 76.6 cm³/mol. The summed E-state index contributed by atoms with van der Waals surface area (Å²) in [5.74, 6) is 0. The normalized spacial score (nSPS) is 26.8. The highest BCUT2D eigenvalue weighted by Crippen LogP contribution is 2.45. The molecule has 1 fully saturated rings. The molecule has 1 atom stereocenters. The molecule has 18 heavy (non-hydrogen) atoms. The average Bonchev–Trinajstić information content (AvgIpc) is 2.69. The summed E-state index contributed by atoms with van der Waals surface area (Å²) >= 11 is 3.63. The smallest absolute Gasteiger partial charge is 0.0766 e. The van der Waals surface area contributed by atoms with Gasteiger partial charge < -0.3 is 5.11 Å². The zero-order valence-electron chi connectivity index (χ0n) is 11.8. The molecule has 2 rings (SSSR count). The van der Waals surface area contributed by atoms with Gasteiger partial charge in [0.05, 0.1) is 21.5 Å². The molecule has 0 aliphatic heterocycles. The van der Waals surface area contributed by atoms with E-state index >= 15 is 0 Å². The van der Waals surface area contributed by atoms with Crippen molar-refractivity contribution in [2.75, 3.05) is 0 Å². The fraction of sp³-hybridized carbons (Fsp3) is 0.786. The fourth-order valence-electron chi connectivity index (χ4n) is 3.11. The van der Waals surface area contributed by atoms with Crippen LogP contribution in [0.5, 0.6) is 0 Å². The van der Waals surface area contributed by atoms with E-state index in [9.17, 15) is 5.11 Å². The molecule has 1 aliphatic carbocycles. The van der Waals surface area contributed by atoms with Crippen LogP contribution < -0.4 is 0 Å². The molecule has 102 valence electrons. The van der Waals surface area contributed by atoms with Gasteiger partial charge >= 0.3 is 0 Å². The zero-order valence-corrected chi connectivity index (χ0v) is 13.3. The van der Waals surface area contributed by atoms with Crippen LogP contribution in [0, 0.1) is 5.41 Å². The molecule has 0 saturated heterocycles. The Morgan fingerprint density at radius 1 is 1.39 bits per heavy atom. The first-order chi connectivity index (χ1) is 8.26. The molecule has 1 aromatic rings. The standard InChI is InChI=1S/C14H23BrN2O/c1-5-10-12(15)11(17(4)16-10)8-14(18)7-6-13(2,3)9-14/h18H,5-9H2,1-4H3. The summed E-state index contributed by atoms with van der Waals surface area (Å²) in [6.07, 6.45) is 4.47. The largest absolute Gasteiger partial charge is 0.389 e. The summed E-state index contributed by atoms with van der Waals surface area (Å²) in [5, 5.41) is 15.2. The quantitative estimate of drug-likeness (QED) is 0.930. The SMILES string of the molecule is CCc1nn(C)c(CC2(O)CCC(C)(C)C2)c1Br. The summed E-state index contributed by atoms with van der Waals surface area (Å²) in [4.78, 5) is 0. The zero-order chi connectivity index (χ0) is 13.6. The highest BCUT2D eigenvalue weighted by molar-refractivity contribution is 9.10. The minimum Gasteiger partial charge on any atom is -0.389 e. The molecule has 1 aliphatic rings. The molecular weight excluding hydrogens is 292 g/mol. The van der Waals surface area contributed by atoms with Gasteiger partial charge in [0.1, 0.15) is 0 Å². The van der Waals surface area contributed by atoms with Gasteiger partial charge in [-0.25, -0.2) is 0 Å². The molecule has 0 radical (unpaired) electrons. The van der Waals surface area contributed by atoms with E-state index in [4.69, 9.17) is 0 Å². The Hall–Kier alpha value is -0.350. The second-order valence-corrected chi connectivity index (χ2v) is 7.22. The lowest BCUT2D eigenvalue weighted by atomic mass is 9.87. The number of halogens is 1. The third-order valence-corrected chi connectivity index (χ3v) is 4.99. The van der Waals surface area contributed by atoms with Crippen LogP contribution in [0.2, 0.25) is 0 Å². The van der Waals surface area contributed by atoms with Gasteiger partial charge in [0.25, 0.3) is 0 Å². The minimum atomic E-state index is -0.565. The van der Waals surface area contributed by atoms with Crippen molar-refractivity contribution in [3.63, 3.8) is 0 Å². The highest BCUT2D eigenvalue weighted by atomic mass is 79.9. The topological polar surface area (TPSA) is 38.0 Å². The van der Waals surface area contributed by atoms with Crippen molar-refractivity contribution in [1.29, 1.82) is 0 Å². The van der Waals surface area contributed by atoms with E-state index in [1.807, 2.05) is 11.7 Å². The summed E-state index contributed by atoms with van der Waals surface area (Å²) in [6, 6.07) is 0. The first-order valence-electron chi connectivity index (χ1n) is 6.69. The van der Waals surface area contributed by atoms with Crippen molar-refractivity contribution in [1.82, 2.24) is 9.78 Å². The lowest BCUT2D eigenvalue weighted by Gasteiger charge is -2.25. The number of hydrogen-bond acceptors (Lipinski definition) is 2. The van der Waals surface area contributed by atoms with Crippen LogP contribution in [0.15, 0.2) is 4.47 Å². The molecule has 1 heterocycles. The van der Waals surface area contributed by atoms with Crippen LogP contribution >= 0.6 is 15.9 Å². The van der Waals surface area contributed by atoms with Crippen LogP contribution in [0.1, 0.15) is 51.4 Å². The van der Waals surface area contributed by atoms with Crippen molar-refractivity contribution < 1.29 is 5.11 Å². The van der Waals surface area contributed by atoms with Crippen molar-refractivity contribution >= 4 is 15.9 Å². The number of rotatable bonds is 3. The van der Waals surface area contributed by atoms with Crippen LogP contribution in [0.25, 0.3) is 0 Å². The summed E-state index contributed by atoms with van der Waals surface area (Å²) in [5.41, 5.74) is 1.89. The number of nitrogens with zero attached hydrogens (tertiary/aromatic N) is 2. The molecule has 1 N–H and O–H groups in total. The predicted octanol–water partition coefficient (Wildman–Crippen LogP) is 3.23. The van der Waals surface area contributed by atoms with Crippen LogP contribution in [-0.4, -0.2) is 20.5 Å². The molecule has 1 saturated carbocycles. The first kappa shape index (κ1) is 14.1. The Balaban J connectivity index is 2.22. The van der Waals surface area contributed by atoms with Crippen molar-refractivity contribution in [3.8, 4) is 0 Å². The van der Waals surface area contributed by atoms with Crippen molar-refractivity contribution in [3.05, 3.63) is 15.9 Å². The van der Waals surface area contributed by atoms with E-state index in [0.717, 1.165) is 41.5 Å². The Morgan fingerprint density at radius 2 is 2.06 bits per heavy atom. The number of aromatic nitrogens is 2. The number of hydrogen-bond donors (Lipinski definition) is 1. The maximum Gasteiger partial charge on any atom is 0.0766 e. The lowest BCUT2D eigenvalue weighted by Crippen LogP contribution is -2.30. The first-order valence-corrected chi connectivity index (χ1v) is 7.48. The van der Waals surface area contributed by atoms with Gasteiger partial charge in [0.2, 0.25) is 0 Å². The molecule has 3 nitrogen and oxygen atoms in total. The van der Waals surface area contributed by atoms with Gasteiger partial charge in [-0.2, -0.15) is 5.10 Å². The van der Waals surface area contributed by atoms with Crippen LogP contribution in [0.3, 0.4) is 0 Å². The monoisotopic (exact) mass is 314 g/mol. The third-order valence-electron chi connectivity index (χ3n) is 4.07. The number of aryl methyl sites for hydroxylation is 2. The van der Waals surface area contributed by atoms with E-state index < -0.39 is 5.60 Å². The summed E-state index contributed by atoms with van der Waals surface area (Å²) < 4.78 is 2.98. The fourth-order valence-corrected chi connectivity index (χ4v) is 3.87. The van der Waals surface area contributed by atoms with Gasteiger partial charge in [-0.15, -0.1) is 0 Å². The average molecular weight is 315 g/mol. The lowest BCUT2D eigenvalue weighted by molar-refractivity contribution is 0.0359. The van der Waals surface area contributed by atoms with Gasteiger partial charge in [-0.05, 0) is 47.0 Å². The molecule has 0 bridgehead atoms. The minimum absolute atomic E-state index is 0.257. The van der Waals surface area contributed by atoms with Crippen molar-refractivity contribution in [2.24, 2.45) is 12.5 Å². The molecular formula is C14H23BrN2O. The van der Waals surface area contributed by atoms with Crippen molar-refractivity contribution in [2.45, 2.75) is 58.5 Å². The molecule has 1 aromatic heterocycles. The van der Waals surface area contributed by atoms with Crippen LogP contribution in [-0.2, 0) is 19.9 Å². The Labute approximate surface area is 118 Å². The Morgan fingerprint density at radius 3 is 2.50 bits per heavy atom. The second-order valence-electron chi connectivity index (χ2n) is 6.43.